The molecular weight excluding hydrogens is 176 g/mol. The fourth-order valence-corrected chi connectivity index (χ4v) is 0.752. The van der Waals surface area contributed by atoms with E-state index < -0.39 is 15.2 Å². The Bertz CT molecular complexity index is 209. The summed E-state index contributed by atoms with van der Waals surface area (Å²) in [7, 11) is -0.0736. The third-order valence-electron chi connectivity index (χ3n) is 0.577. The molecule has 0 rings (SSSR count). The van der Waals surface area contributed by atoms with Gasteiger partial charge >= 0.3 is 0 Å². The molecule has 0 radical (unpaired) electrons. The molecule has 0 atom stereocenters. The predicted molar refractivity (Wildman–Crippen MR) is 41.8 cm³/mol. The van der Waals surface area contributed by atoms with Crippen LogP contribution in [-0.4, -0.2) is 39.0 Å². The number of hydrogen-bond acceptors (Lipinski definition) is 2. The second-order valence-electron chi connectivity index (χ2n) is 1.88. The molecule has 0 amide bonds. The molecule has 4 nitrogen and oxygen atoms in total. The van der Waals surface area contributed by atoms with Crippen LogP contribution < -0.4 is 0 Å². The van der Waals surface area contributed by atoms with Gasteiger partial charge in [0.05, 0.1) is 0 Å². The van der Waals surface area contributed by atoms with Crippen LogP contribution in [0.2, 0.25) is 0 Å². The van der Waals surface area contributed by atoms with Crippen LogP contribution in [0.1, 0.15) is 0 Å². The van der Waals surface area contributed by atoms with Crippen molar-refractivity contribution in [3.8, 4) is 0 Å². The molecular formula is C4H9ClN2O2S. The summed E-state index contributed by atoms with van der Waals surface area (Å²) in [5.41, 5.74) is 0. The first-order valence-electron chi connectivity index (χ1n) is 2.48. The average Bonchev–Trinajstić information content (AvgIpc) is 1.85. The Morgan fingerprint density at radius 2 is 2.10 bits per heavy atom. The zero-order valence-electron chi connectivity index (χ0n) is 5.78. The van der Waals surface area contributed by atoms with Crippen molar-refractivity contribution in [1.82, 2.24) is 4.90 Å². The Morgan fingerprint density at radius 1 is 1.60 bits per heavy atom. The molecule has 0 aromatic heterocycles. The Kier molecular flexibility index (Phi) is 3.67. The van der Waals surface area contributed by atoms with E-state index in [1.54, 1.807) is 14.1 Å². The summed E-state index contributed by atoms with van der Waals surface area (Å²) < 4.78 is 24.3. The number of nitrogens with zero attached hydrogens (tertiary/aromatic N) is 2. The summed E-state index contributed by atoms with van der Waals surface area (Å²) in [6.07, 6.45) is 1.19. The lowest BCUT2D eigenvalue weighted by Crippen LogP contribution is -2.10. The maximum Gasteiger partial charge on any atom is 0.268 e. The van der Waals surface area contributed by atoms with Crippen molar-refractivity contribution in [3.05, 3.63) is 0 Å². The minimum Gasteiger partial charge on any atom is -0.368 e. The van der Waals surface area contributed by atoms with Crippen LogP contribution in [0.3, 0.4) is 0 Å². The van der Waals surface area contributed by atoms with Gasteiger partial charge in [-0.2, -0.15) is 4.40 Å². The molecule has 0 unspecified atom stereocenters. The summed E-state index contributed by atoms with van der Waals surface area (Å²) in [4.78, 5) is 1.52. The van der Waals surface area contributed by atoms with E-state index in [0.717, 1.165) is 0 Å². The summed E-state index contributed by atoms with van der Waals surface area (Å²) in [6, 6.07) is 0. The van der Waals surface area contributed by atoms with Crippen LogP contribution in [0.5, 0.6) is 0 Å². The predicted octanol–water partition coefficient (Wildman–Crippen LogP) is 0.102. The molecule has 0 aliphatic rings. The van der Waals surface area contributed by atoms with Crippen molar-refractivity contribution in [3.63, 3.8) is 0 Å². The minimum absolute atomic E-state index is 0.475. The molecule has 0 aromatic carbocycles. The normalized spacial score (nSPS) is 12.3. The summed E-state index contributed by atoms with van der Waals surface area (Å²) in [5, 5.41) is -0.475. The molecule has 0 fully saturated rings. The smallest absolute Gasteiger partial charge is 0.268 e. The fraction of sp³-hybridized carbons (Fsp3) is 0.750. The van der Waals surface area contributed by atoms with Gasteiger partial charge in [-0.15, -0.1) is 11.6 Å². The molecule has 0 N–H and O–H groups in total. The number of rotatable bonds is 3. The molecule has 0 aliphatic carbocycles. The number of sulfonamides is 1. The molecule has 0 aromatic rings. The van der Waals surface area contributed by atoms with E-state index in [-0.39, 0.29) is 0 Å². The van der Waals surface area contributed by atoms with Gasteiger partial charge in [0, 0.05) is 14.1 Å². The zero-order valence-corrected chi connectivity index (χ0v) is 7.35. The Morgan fingerprint density at radius 3 is 2.40 bits per heavy atom. The zero-order chi connectivity index (χ0) is 8.20. The third-order valence-corrected chi connectivity index (χ3v) is 2.10. The van der Waals surface area contributed by atoms with Crippen molar-refractivity contribution in [1.29, 1.82) is 0 Å². The molecule has 0 bridgehead atoms. The van der Waals surface area contributed by atoms with E-state index in [9.17, 15) is 8.42 Å². The standard InChI is InChI=1S/C4H9ClN2O2S/c1-7(2)4-6-10(8,9)3-5/h4H,3H2,1-2H3/b6-4+. The second kappa shape index (κ2) is 3.78. The van der Waals surface area contributed by atoms with E-state index in [0.29, 0.717) is 0 Å². The summed E-state index contributed by atoms with van der Waals surface area (Å²) in [6.45, 7) is 0. The Hall–Kier alpha value is -0.290. The highest BCUT2D eigenvalue weighted by molar-refractivity contribution is 7.91. The van der Waals surface area contributed by atoms with Gasteiger partial charge in [-0.1, -0.05) is 0 Å². The summed E-state index contributed by atoms with van der Waals surface area (Å²) in [5.74, 6) is 0. The molecule has 0 heterocycles. The first-order chi connectivity index (χ1) is 4.48. The lowest BCUT2D eigenvalue weighted by Gasteiger charge is -2.00. The molecule has 6 heteroatoms. The van der Waals surface area contributed by atoms with Gasteiger partial charge < -0.3 is 4.90 Å². The fourth-order valence-electron chi connectivity index (χ4n) is 0.194. The van der Waals surface area contributed by atoms with E-state index in [2.05, 4.69) is 4.40 Å². The van der Waals surface area contributed by atoms with Crippen molar-refractivity contribution >= 4 is 28.0 Å². The van der Waals surface area contributed by atoms with Crippen molar-refractivity contribution in [2.45, 2.75) is 0 Å². The highest BCUT2D eigenvalue weighted by Crippen LogP contribution is 1.93. The van der Waals surface area contributed by atoms with E-state index in [1.807, 2.05) is 0 Å². The van der Waals surface area contributed by atoms with Crippen molar-refractivity contribution < 1.29 is 8.42 Å². The van der Waals surface area contributed by atoms with Gasteiger partial charge in [0.15, 0.2) is 0 Å². The average molecular weight is 185 g/mol. The molecule has 0 saturated carbocycles. The maximum absolute atomic E-state index is 10.5. The quantitative estimate of drug-likeness (QED) is 0.355. The molecule has 0 aliphatic heterocycles. The largest absolute Gasteiger partial charge is 0.368 e. The van der Waals surface area contributed by atoms with E-state index in [1.165, 1.54) is 11.2 Å². The van der Waals surface area contributed by atoms with Crippen LogP contribution in [0.15, 0.2) is 4.40 Å². The van der Waals surface area contributed by atoms with Crippen LogP contribution in [-0.2, 0) is 10.0 Å². The third kappa shape index (κ3) is 4.58. The molecule has 0 saturated heterocycles. The van der Waals surface area contributed by atoms with Crippen molar-refractivity contribution in [2.24, 2.45) is 4.40 Å². The lowest BCUT2D eigenvalue weighted by molar-refractivity contribution is 0.599. The molecule has 0 spiro atoms. The van der Waals surface area contributed by atoms with Gasteiger partial charge in [-0.25, -0.2) is 8.42 Å². The van der Waals surface area contributed by atoms with Gasteiger partial charge in [0.25, 0.3) is 10.0 Å². The van der Waals surface area contributed by atoms with Gasteiger partial charge in [0.2, 0.25) is 0 Å². The first-order valence-corrected chi connectivity index (χ1v) is 4.63. The van der Waals surface area contributed by atoms with Crippen LogP contribution in [0.25, 0.3) is 0 Å². The van der Waals surface area contributed by atoms with Crippen LogP contribution >= 0.6 is 11.6 Å². The van der Waals surface area contributed by atoms with Crippen LogP contribution in [0.4, 0.5) is 0 Å². The minimum atomic E-state index is -3.42. The highest BCUT2D eigenvalue weighted by Gasteiger charge is 2.02. The highest BCUT2D eigenvalue weighted by atomic mass is 35.5. The lowest BCUT2D eigenvalue weighted by atomic mass is 11.0. The van der Waals surface area contributed by atoms with E-state index in [4.69, 9.17) is 11.6 Å². The monoisotopic (exact) mass is 184 g/mol. The molecule has 10 heavy (non-hydrogen) atoms. The Labute approximate surface area is 65.6 Å². The maximum atomic E-state index is 10.5. The van der Waals surface area contributed by atoms with Gasteiger partial charge in [0.1, 0.15) is 11.6 Å². The van der Waals surface area contributed by atoms with Crippen molar-refractivity contribution in [2.75, 3.05) is 19.3 Å². The van der Waals surface area contributed by atoms with Gasteiger partial charge in [-0.3, -0.25) is 0 Å². The first kappa shape index (κ1) is 9.71. The molecule has 60 valence electrons. The SMILES string of the molecule is CN(C)/C=N/S(=O)(=O)CCl. The Balaban J connectivity index is 4.15. The van der Waals surface area contributed by atoms with Crippen LogP contribution in [0, 0.1) is 0 Å². The van der Waals surface area contributed by atoms with E-state index >= 15 is 0 Å². The number of hydrogen-bond donors (Lipinski definition) is 0. The van der Waals surface area contributed by atoms with Gasteiger partial charge in [-0.05, 0) is 0 Å². The number of alkyl halides is 1. The summed E-state index contributed by atoms with van der Waals surface area (Å²) >= 11 is 5.06. The second-order valence-corrected chi connectivity index (χ2v) is 4.12. The number of halogens is 1. The topological polar surface area (TPSA) is 49.7 Å².